The summed E-state index contributed by atoms with van der Waals surface area (Å²) in [5, 5.41) is 4.99. The van der Waals surface area contributed by atoms with Gasteiger partial charge >= 0.3 is 0 Å². The maximum absolute atomic E-state index is 11.7. The van der Waals surface area contributed by atoms with E-state index in [1.807, 2.05) is 6.92 Å². The van der Waals surface area contributed by atoms with Crippen LogP contribution in [-0.2, 0) is 6.42 Å². The van der Waals surface area contributed by atoms with E-state index in [9.17, 15) is 4.79 Å². The number of nitrogens with one attached hydrogen (secondary N) is 1. The fourth-order valence-electron chi connectivity index (χ4n) is 1.62. The smallest absolute Gasteiger partial charge is 0.283 e. The van der Waals surface area contributed by atoms with E-state index in [4.69, 9.17) is 17.4 Å². The summed E-state index contributed by atoms with van der Waals surface area (Å²) in [6, 6.07) is 8.80. The predicted molar refractivity (Wildman–Crippen MR) is 69.6 cm³/mol. The van der Waals surface area contributed by atoms with Gasteiger partial charge in [0.1, 0.15) is 5.69 Å². The minimum atomic E-state index is -0.378. The summed E-state index contributed by atoms with van der Waals surface area (Å²) < 4.78 is 1.55. The predicted octanol–water partition coefficient (Wildman–Crippen LogP) is 1.69. The molecule has 0 aliphatic rings. The van der Waals surface area contributed by atoms with Gasteiger partial charge in [-0.05, 0) is 36.8 Å². The fourth-order valence-corrected chi connectivity index (χ4v) is 1.74. The normalized spacial score (nSPS) is 10.4. The quantitative estimate of drug-likeness (QED) is 0.503. The Hall–Kier alpha value is -1.85. The van der Waals surface area contributed by atoms with Crippen molar-refractivity contribution in [3.05, 3.63) is 46.7 Å². The number of hydrogen-bond donors (Lipinski definition) is 2. The van der Waals surface area contributed by atoms with Crippen LogP contribution in [0, 0.1) is 0 Å². The highest BCUT2D eigenvalue weighted by molar-refractivity contribution is 6.30. The molecule has 0 fully saturated rings. The highest BCUT2D eigenvalue weighted by Crippen LogP contribution is 2.16. The molecule has 2 aromatic rings. The van der Waals surface area contributed by atoms with Crippen LogP contribution >= 0.6 is 11.6 Å². The van der Waals surface area contributed by atoms with E-state index in [0.717, 1.165) is 17.8 Å². The lowest BCUT2D eigenvalue weighted by Crippen LogP contribution is -2.31. The topological polar surface area (TPSA) is 72.9 Å². The number of hydrogen-bond acceptors (Lipinski definition) is 3. The number of benzene rings is 1. The lowest BCUT2D eigenvalue weighted by Gasteiger charge is -2.06. The van der Waals surface area contributed by atoms with E-state index >= 15 is 0 Å². The zero-order chi connectivity index (χ0) is 13.1. The summed E-state index contributed by atoms with van der Waals surface area (Å²) in [4.78, 5) is 11.7. The molecule has 0 aliphatic carbocycles. The summed E-state index contributed by atoms with van der Waals surface area (Å²) >= 11 is 5.83. The largest absolute Gasteiger partial charge is 0.289 e. The molecule has 0 bridgehead atoms. The first-order valence-corrected chi connectivity index (χ1v) is 5.89. The number of rotatable bonds is 3. The van der Waals surface area contributed by atoms with Crippen LogP contribution in [0.3, 0.4) is 0 Å². The van der Waals surface area contributed by atoms with Crippen LogP contribution in [0.25, 0.3) is 5.69 Å². The van der Waals surface area contributed by atoms with Gasteiger partial charge in [-0.3, -0.25) is 10.2 Å². The van der Waals surface area contributed by atoms with Gasteiger partial charge < -0.3 is 0 Å². The van der Waals surface area contributed by atoms with E-state index in [2.05, 4.69) is 10.5 Å². The first-order chi connectivity index (χ1) is 8.65. The molecule has 1 aromatic heterocycles. The van der Waals surface area contributed by atoms with E-state index in [1.165, 1.54) is 0 Å². The van der Waals surface area contributed by atoms with Gasteiger partial charge in [0, 0.05) is 5.02 Å². The van der Waals surface area contributed by atoms with Gasteiger partial charge in [0.25, 0.3) is 5.91 Å². The molecule has 0 unspecified atom stereocenters. The third-order valence-electron chi connectivity index (χ3n) is 2.56. The number of nitrogen functional groups attached to an aromatic ring is 1. The average molecular weight is 265 g/mol. The zero-order valence-corrected chi connectivity index (χ0v) is 10.6. The van der Waals surface area contributed by atoms with Crippen molar-refractivity contribution in [1.29, 1.82) is 0 Å². The molecule has 0 spiro atoms. The van der Waals surface area contributed by atoms with E-state index in [0.29, 0.717) is 10.7 Å². The number of nitrogens with two attached hydrogens (primary N) is 1. The molecule has 0 atom stereocenters. The van der Waals surface area contributed by atoms with Crippen LogP contribution in [0.2, 0.25) is 5.02 Å². The Morgan fingerprint density at radius 2 is 2.11 bits per heavy atom. The van der Waals surface area contributed by atoms with Crippen molar-refractivity contribution in [2.45, 2.75) is 13.3 Å². The molecular weight excluding hydrogens is 252 g/mol. The first kappa shape index (κ1) is 12.6. The van der Waals surface area contributed by atoms with Gasteiger partial charge in [-0.1, -0.05) is 18.5 Å². The Balaban J connectivity index is 2.51. The molecule has 2 rings (SSSR count). The van der Waals surface area contributed by atoms with Gasteiger partial charge in [-0.25, -0.2) is 10.5 Å². The number of aryl methyl sites for hydroxylation is 1. The van der Waals surface area contributed by atoms with Gasteiger partial charge in [-0.2, -0.15) is 5.10 Å². The summed E-state index contributed by atoms with van der Waals surface area (Å²) in [5.74, 6) is 4.79. The molecule has 0 aliphatic heterocycles. The SMILES string of the molecule is CCc1cc(C(=O)NN)n(-c2ccc(Cl)cc2)n1. The summed E-state index contributed by atoms with van der Waals surface area (Å²) in [7, 11) is 0. The fraction of sp³-hybridized carbons (Fsp3) is 0.167. The molecule has 0 radical (unpaired) electrons. The van der Waals surface area contributed by atoms with E-state index < -0.39 is 0 Å². The number of hydrazine groups is 1. The standard InChI is InChI=1S/C12H13ClN4O/c1-2-9-7-11(12(18)15-14)17(16-9)10-5-3-8(13)4-6-10/h3-7H,2,14H2,1H3,(H,15,18). The zero-order valence-electron chi connectivity index (χ0n) is 9.85. The number of amides is 1. The lowest BCUT2D eigenvalue weighted by molar-refractivity contribution is 0.0946. The number of halogens is 1. The summed E-state index contributed by atoms with van der Waals surface area (Å²) in [6.45, 7) is 1.97. The molecule has 94 valence electrons. The molecule has 6 heteroatoms. The third-order valence-corrected chi connectivity index (χ3v) is 2.81. The monoisotopic (exact) mass is 264 g/mol. The van der Waals surface area contributed by atoms with E-state index in [-0.39, 0.29) is 5.91 Å². The van der Waals surface area contributed by atoms with Crippen LogP contribution in [0.15, 0.2) is 30.3 Å². The Kier molecular flexibility index (Phi) is 3.64. The van der Waals surface area contributed by atoms with Crippen molar-refractivity contribution in [2.24, 2.45) is 5.84 Å². The highest BCUT2D eigenvalue weighted by Gasteiger charge is 2.14. The maximum atomic E-state index is 11.7. The van der Waals surface area contributed by atoms with Crippen LogP contribution in [0.5, 0.6) is 0 Å². The lowest BCUT2D eigenvalue weighted by atomic mass is 10.3. The Labute approximate surface area is 110 Å². The second kappa shape index (κ2) is 5.20. The van der Waals surface area contributed by atoms with Crippen molar-refractivity contribution in [2.75, 3.05) is 0 Å². The van der Waals surface area contributed by atoms with Crippen molar-refractivity contribution < 1.29 is 4.79 Å². The first-order valence-electron chi connectivity index (χ1n) is 5.51. The third kappa shape index (κ3) is 2.37. The minimum absolute atomic E-state index is 0.378. The Bertz CT molecular complexity index is 562. The molecule has 1 amide bonds. The molecule has 5 nitrogen and oxygen atoms in total. The molecule has 0 saturated heterocycles. The Morgan fingerprint density at radius 3 is 2.67 bits per heavy atom. The number of carbonyl (C=O) groups excluding carboxylic acids is 1. The minimum Gasteiger partial charge on any atom is -0.289 e. The van der Waals surface area contributed by atoms with Gasteiger partial charge in [0.2, 0.25) is 0 Å². The van der Waals surface area contributed by atoms with Gasteiger partial charge in [0.15, 0.2) is 0 Å². The van der Waals surface area contributed by atoms with Crippen LogP contribution in [0.4, 0.5) is 0 Å². The summed E-state index contributed by atoms with van der Waals surface area (Å²) in [6.07, 6.45) is 0.742. The second-order valence-electron chi connectivity index (χ2n) is 3.74. The van der Waals surface area contributed by atoms with E-state index in [1.54, 1.807) is 35.0 Å². The van der Waals surface area contributed by atoms with Crippen molar-refractivity contribution in [1.82, 2.24) is 15.2 Å². The molecule has 1 heterocycles. The van der Waals surface area contributed by atoms with Crippen LogP contribution < -0.4 is 11.3 Å². The molecule has 18 heavy (non-hydrogen) atoms. The number of nitrogens with zero attached hydrogens (tertiary/aromatic N) is 2. The highest BCUT2D eigenvalue weighted by atomic mass is 35.5. The number of carbonyl (C=O) groups is 1. The van der Waals surface area contributed by atoms with Crippen molar-refractivity contribution >= 4 is 17.5 Å². The van der Waals surface area contributed by atoms with Crippen LogP contribution in [0.1, 0.15) is 23.1 Å². The molecular formula is C12H13ClN4O. The van der Waals surface area contributed by atoms with Gasteiger partial charge in [-0.15, -0.1) is 0 Å². The number of aromatic nitrogens is 2. The maximum Gasteiger partial charge on any atom is 0.283 e. The average Bonchev–Trinajstić information content (AvgIpc) is 2.83. The van der Waals surface area contributed by atoms with Crippen molar-refractivity contribution in [3.63, 3.8) is 0 Å². The second-order valence-corrected chi connectivity index (χ2v) is 4.17. The van der Waals surface area contributed by atoms with Gasteiger partial charge in [0.05, 0.1) is 11.4 Å². The summed E-state index contributed by atoms with van der Waals surface area (Å²) in [5.41, 5.74) is 4.10. The molecule has 0 saturated carbocycles. The molecule has 3 N–H and O–H groups in total. The Morgan fingerprint density at radius 1 is 1.44 bits per heavy atom. The van der Waals surface area contributed by atoms with Crippen LogP contribution in [-0.4, -0.2) is 15.7 Å². The molecule has 1 aromatic carbocycles. The van der Waals surface area contributed by atoms with Crippen molar-refractivity contribution in [3.8, 4) is 5.69 Å².